The second-order valence-corrected chi connectivity index (χ2v) is 5.57. The molecular weight excluding hydrogens is 309 g/mol. The lowest BCUT2D eigenvalue weighted by atomic mass is 10.1. The monoisotopic (exact) mass is 329 g/mol. The van der Waals surface area contributed by atoms with Crippen LogP contribution in [0.3, 0.4) is 0 Å². The molecule has 5 nitrogen and oxygen atoms in total. The van der Waals surface area contributed by atoms with E-state index in [1.54, 1.807) is 24.3 Å². The lowest BCUT2D eigenvalue weighted by Crippen LogP contribution is -2.32. The highest BCUT2D eigenvalue weighted by molar-refractivity contribution is 6.08. The van der Waals surface area contributed by atoms with E-state index in [0.29, 0.717) is 23.4 Å². The van der Waals surface area contributed by atoms with Crippen LogP contribution >= 0.6 is 0 Å². The van der Waals surface area contributed by atoms with E-state index >= 15 is 0 Å². The fraction of sp³-hybridized carbons (Fsp3) is 0.222. The van der Waals surface area contributed by atoms with Crippen molar-refractivity contribution in [2.75, 3.05) is 32.5 Å². The van der Waals surface area contributed by atoms with Crippen LogP contribution in [0.25, 0.3) is 0 Å². The molecular formula is C18H20FN3O2. The lowest BCUT2D eigenvalue weighted by molar-refractivity contribution is 0.0952. The van der Waals surface area contributed by atoms with Crippen LogP contribution in [0.4, 0.5) is 10.1 Å². The number of rotatable bonds is 6. The van der Waals surface area contributed by atoms with E-state index in [4.69, 9.17) is 0 Å². The van der Waals surface area contributed by atoms with E-state index in [0.717, 1.165) is 6.54 Å². The first kappa shape index (κ1) is 17.6. The van der Waals surface area contributed by atoms with Crippen molar-refractivity contribution in [3.63, 3.8) is 0 Å². The molecule has 0 unspecified atom stereocenters. The highest BCUT2D eigenvalue weighted by Crippen LogP contribution is 2.16. The molecule has 0 spiro atoms. The zero-order valence-corrected chi connectivity index (χ0v) is 13.7. The first-order valence-electron chi connectivity index (χ1n) is 7.56. The van der Waals surface area contributed by atoms with Crippen LogP contribution in [0.15, 0.2) is 48.5 Å². The molecule has 0 bridgehead atoms. The SMILES string of the molecule is CN(C)CCNC(=O)c1ccccc1NC(=O)c1ccc(F)cc1. The molecule has 0 aliphatic heterocycles. The number of hydrogen-bond acceptors (Lipinski definition) is 3. The van der Waals surface area contributed by atoms with Gasteiger partial charge in [-0.2, -0.15) is 0 Å². The molecule has 2 amide bonds. The standard InChI is InChI=1S/C18H20FN3O2/c1-22(2)12-11-20-18(24)15-5-3-4-6-16(15)21-17(23)13-7-9-14(19)10-8-13/h3-10H,11-12H2,1-2H3,(H,20,24)(H,21,23). The predicted molar refractivity (Wildman–Crippen MR) is 91.7 cm³/mol. The van der Waals surface area contributed by atoms with Crippen LogP contribution in [-0.4, -0.2) is 43.9 Å². The van der Waals surface area contributed by atoms with Crippen LogP contribution in [-0.2, 0) is 0 Å². The normalized spacial score (nSPS) is 10.5. The topological polar surface area (TPSA) is 61.4 Å². The summed E-state index contributed by atoms with van der Waals surface area (Å²) < 4.78 is 12.9. The third-order valence-electron chi connectivity index (χ3n) is 3.37. The van der Waals surface area contributed by atoms with Crippen molar-refractivity contribution in [2.24, 2.45) is 0 Å². The van der Waals surface area contributed by atoms with Crippen molar-refractivity contribution in [1.82, 2.24) is 10.2 Å². The van der Waals surface area contributed by atoms with E-state index in [1.165, 1.54) is 24.3 Å². The number of halogens is 1. The second kappa shape index (κ2) is 8.21. The minimum Gasteiger partial charge on any atom is -0.351 e. The molecule has 6 heteroatoms. The zero-order valence-electron chi connectivity index (χ0n) is 13.7. The van der Waals surface area contributed by atoms with Gasteiger partial charge < -0.3 is 15.5 Å². The summed E-state index contributed by atoms with van der Waals surface area (Å²) in [5, 5.41) is 5.50. The summed E-state index contributed by atoms with van der Waals surface area (Å²) in [7, 11) is 3.84. The van der Waals surface area contributed by atoms with Gasteiger partial charge in [0.05, 0.1) is 11.3 Å². The first-order chi connectivity index (χ1) is 11.5. The second-order valence-electron chi connectivity index (χ2n) is 5.57. The molecule has 0 aliphatic carbocycles. The van der Waals surface area contributed by atoms with Crippen molar-refractivity contribution >= 4 is 17.5 Å². The summed E-state index contributed by atoms with van der Waals surface area (Å²) in [5.41, 5.74) is 1.11. The van der Waals surface area contributed by atoms with Gasteiger partial charge in [0, 0.05) is 18.7 Å². The Balaban J connectivity index is 2.09. The number of benzene rings is 2. The first-order valence-corrected chi connectivity index (χ1v) is 7.56. The molecule has 126 valence electrons. The van der Waals surface area contributed by atoms with Gasteiger partial charge in [-0.3, -0.25) is 9.59 Å². The van der Waals surface area contributed by atoms with Gasteiger partial charge in [0.25, 0.3) is 11.8 Å². The van der Waals surface area contributed by atoms with Gasteiger partial charge in [0.2, 0.25) is 0 Å². The molecule has 2 aromatic rings. The number of amides is 2. The fourth-order valence-electron chi connectivity index (χ4n) is 2.07. The number of hydrogen-bond donors (Lipinski definition) is 2. The summed E-state index contributed by atoms with van der Waals surface area (Å²) in [4.78, 5) is 26.5. The number of carbonyl (C=O) groups is 2. The Bertz CT molecular complexity index is 714. The Morgan fingerprint density at radius 1 is 1.00 bits per heavy atom. The predicted octanol–water partition coefficient (Wildman–Crippen LogP) is 2.37. The molecule has 24 heavy (non-hydrogen) atoms. The average molecular weight is 329 g/mol. The van der Waals surface area contributed by atoms with Crippen LogP contribution in [0.5, 0.6) is 0 Å². The third-order valence-corrected chi connectivity index (χ3v) is 3.37. The maximum Gasteiger partial charge on any atom is 0.255 e. The van der Waals surface area contributed by atoms with Crippen LogP contribution < -0.4 is 10.6 Å². The summed E-state index contributed by atoms with van der Waals surface area (Å²) >= 11 is 0. The molecule has 0 saturated carbocycles. The Labute approximate surface area is 140 Å². The largest absolute Gasteiger partial charge is 0.351 e. The molecule has 0 aromatic heterocycles. The third kappa shape index (κ3) is 4.89. The van der Waals surface area contributed by atoms with Gasteiger partial charge in [0.15, 0.2) is 0 Å². The van der Waals surface area contributed by atoms with Crippen molar-refractivity contribution in [2.45, 2.75) is 0 Å². The van der Waals surface area contributed by atoms with E-state index < -0.39 is 11.7 Å². The molecule has 0 heterocycles. The molecule has 0 fully saturated rings. The van der Waals surface area contributed by atoms with Crippen molar-refractivity contribution in [3.05, 3.63) is 65.5 Å². The minimum absolute atomic E-state index is 0.258. The van der Waals surface area contributed by atoms with E-state index in [2.05, 4.69) is 10.6 Å². The molecule has 0 aliphatic rings. The Kier molecular flexibility index (Phi) is 6.03. The molecule has 0 radical (unpaired) electrons. The molecule has 2 rings (SSSR count). The van der Waals surface area contributed by atoms with Crippen molar-refractivity contribution < 1.29 is 14.0 Å². The number of para-hydroxylation sites is 1. The summed E-state index contributed by atoms with van der Waals surface area (Å²) in [6.07, 6.45) is 0. The zero-order chi connectivity index (χ0) is 17.5. The van der Waals surface area contributed by atoms with Crippen LogP contribution in [0, 0.1) is 5.82 Å². The van der Waals surface area contributed by atoms with Gasteiger partial charge in [-0.15, -0.1) is 0 Å². The fourth-order valence-corrected chi connectivity index (χ4v) is 2.07. The average Bonchev–Trinajstić information content (AvgIpc) is 2.55. The van der Waals surface area contributed by atoms with Gasteiger partial charge in [0.1, 0.15) is 5.82 Å². The van der Waals surface area contributed by atoms with E-state index in [1.807, 2.05) is 19.0 Å². The van der Waals surface area contributed by atoms with E-state index in [9.17, 15) is 14.0 Å². The highest BCUT2D eigenvalue weighted by atomic mass is 19.1. The van der Waals surface area contributed by atoms with Crippen LogP contribution in [0.1, 0.15) is 20.7 Å². The van der Waals surface area contributed by atoms with Crippen molar-refractivity contribution in [3.8, 4) is 0 Å². The molecule has 0 saturated heterocycles. The number of nitrogens with one attached hydrogen (secondary N) is 2. The summed E-state index contributed by atoms with van der Waals surface area (Å²) in [6, 6.07) is 12.0. The smallest absolute Gasteiger partial charge is 0.255 e. The molecule has 2 aromatic carbocycles. The number of carbonyl (C=O) groups excluding carboxylic acids is 2. The van der Waals surface area contributed by atoms with Gasteiger partial charge in [-0.1, -0.05) is 12.1 Å². The van der Waals surface area contributed by atoms with Gasteiger partial charge in [-0.25, -0.2) is 4.39 Å². The quantitative estimate of drug-likeness (QED) is 0.855. The summed E-state index contributed by atoms with van der Waals surface area (Å²) in [6.45, 7) is 1.22. The maximum atomic E-state index is 12.9. The van der Waals surface area contributed by atoms with Crippen LogP contribution in [0.2, 0.25) is 0 Å². The number of anilines is 1. The Morgan fingerprint density at radius 2 is 1.67 bits per heavy atom. The van der Waals surface area contributed by atoms with Gasteiger partial charge in [-0.05, 0) is 50.5 Å². The van der Waals surface area contributed by atoms with E-state index in [-0.39, 0.29) is 5.91 Å². The lowest BCUT2D eigenvalue weighted by Gasteiger charge is -2.13. The van der Waals surface area contributed by atoms with Crippen molar-refractivity contribution in [1.29, 1.82) is 0 Å². The Morgan fingerprint density at radius 3 is 2.33 bits per heavy atom. The highest BCUT2D eigenvalue weighted by Gasteiger charge is 2.13. The Hall–Kier alpha value is -2.73. The maximum absolute atomic E-state index is 12.9. The molecule has 0 atom stereocenters. The molecule has 2 N–H and O–H groups in total. The minimum atomic E-state index is -0.410. The number of nitrogens with zero attached hydrogens (tertiary/aromatic N) is 1. The number of likely N-dealkylation sites (N-methyl/N-ethyl adjacent to an activating group) is 1. The summed E-state index contributed by atoms with van der Waals surface area (Å²) in [5.74, 6) is -1.07. The van der Waals surface area contributed by atoms with Gasteiger partial charge >= 0.3 is 0 Å².